The molecule has 2 N–H and O–H groups in total. The average molecular weight is 239 g/mol. The summed E-state index contributed by atoms with van der Waals surface area (Å²) in [6, 6.07) is 0.0987. The van der Waals surface area contributed by atoms with E-state index in [9.17, 15) is 4.79 Å². The number of hydrogen-bond acceptors (Lipinski definition) is 4. The lowest BCUT2D eigenvalue weighted by atomic mass is 10.1. The van der Waals surface area contributed by atoms with E-state index >= 15 is 0 Å². The maximum atomic E-state index is 11.9. The molecule has 1 aliphatic heterocycles. The second kappa shape index (κ2) is 4.14. The molecule has 1 aliphatic rings. The molecule has 0 bridgehead atoms. The maximum absolute atomic E-state index is 11.9. The molecule has 0 aromatic carbocycles. The quantitative estimate of drug-likeness (QED) is 0.850. The number of hydrogen-bond donors (Lipinski definition) is 1. The minimum atomic E-state index is -0.103. The summed E-state index contributed by atoms with van der Waals surface area (Å²) in [7, 11) is 0. The highest BCUT2D eigenvalue weighted by atomic mass is 32.1. The molecule has 2 rings (SSSR count). The smallest absolute Gasteiger partial charge is 0.225 e. The van der Waals surface area contributed by atoms with Crippen LogP contribution in [0.5, 0.6) is 0 Å². The second-order valence-electron chi connectivity index (χ2n) is 4.51. The van der Waals surface area contributed by atoms with Gasteiger partial charge < -0.3 is 10.6 Å². The number of nitrogens with zero attached hydrogens (tertiary/aromatic N) is 2. The lowest BCUT2D eigenvalue weighted by molar-refractivity contribution is -0.130. The zero-order chi connectivity index (χ0) is 11.9. The van der Waals surface area contributed by atoms with Crippen LogP contribution in [0.15, 0.2) is 5.51 Å². The van der Waals surface area contributed by atoms with Crippen LogP contribution in [0.1, 0.15) is 36.9 Å². The zero-order valence-electron chi connectivity index (χ0n) is 9.80. The van der Waals surface area contributed by atoms with Crippen molar-refractivity contribution in [3.05, 3.63) is 16.1 Å². The first-order valence-electron chi connectivity index (χ1n) is 5.49. The fourth-order valence-electron chi connectivity index (χ4n) is 2.30. The highest BCUT2D eigenvalue weighted by molar-refractivity contribution is 7.09. The Hall–Kier alpha value is -0.940. The summed E-state index contributed by atoms with van der Waals surface area (Å²) in [4.78, 5) is 19.1. The van der Waals surface area contributed by atoms with Crippen LogP contribution in [0, 0.1) is 6.92 Å². The first-order valence-corrected chi connectivity index (χ1v) is 6.37. The monoisotopic (exact) mass is 239 g/mol. The number of likely N-dealkylation sites (tertiary alicyclic amines) is 1. The summed E-state index contributed by atoms with van der Waals surface area (Å²) in [5.41, 5.74) is 8.88. The van der Waals surface area contributed by atoms with Gasteiger partial charge in [-0.15, -0.1) is 11.3 Å². The van der Waals surface area contributed by atoms with Gasteiger partial charge in [-0.3, -0.25) is 4.79 Å². The molecule has 0 unspecified atom stereocenters. The van der Waals surface area contributed by atoms with Crippen molar-refractivity contribution in [3.8, 4) is 0 Å². The number of amides is 1. The fourth-order valence-corrected chi connectivity index (χ4v) is 3.28. The van der Waals surface area contributed by atoms with Crippen molar-refractivity contribution in [3.63, 3.8) is 0 Å². The molecule has 4 nitrogen and oxygen atoms in total. The van der Waals surface area contributed by atoms with Crippen LogP contribution < -0.4 is 5.73 Å². The largest absolute Gasteiger partial charge is 0.331 e. The van der Waals surface area contributed by atoms with Crippen molar-refractivity contribution in [2.75, 3.05) is 0 Å². The lowest BCUT2D eigenvalue weighted by Gasteiger charge is -2.29. The second-order valence-corrected chi connectivity index (χ2v) is 5.40. The van der Waals surface area contributed by atoms with Gasteiger partial charge in [0.05, 0.1) is 22.1 Å². The average Bonchev–Trinajstić information content (AvgIpc) is 2.69. The van der Waals surface area contributed by atoms with Crippen molar-refractivity contribution in [2.45, 2.75) is 45.3 Å². The molecule has 0 spiro atoms. The van der Waals surface area contributed by atoms with Crippen LogP contribution >= 0.6 is 11.3 Å². The minimum absolute atomic E-state index is 0.0139. The summed E-state index contributed by atoms with van der Waals surface area (Å²) in [6.45, 7) is 6.03. The Morgan fingerprint density at radius 2 is 2.31 bits per heavy atom. The van der Waals surface area contributed by atoms with Crippen LogP contribution in [0.4, 0.5) is 0 Å². The van der Waals surface area contributed by atoms with E-state index in [1.54, 1.807) is 11.3 Å². The molecule has 0 radical (unpaired) electrons. The van der Waals surface area contributed by atoms with Gasteiger partial charge in [-0.05, 0) is 20.8 Å². The molecule has 0 saturated carbocycles. The van der Waals surface area contributed by atoms with Gasteiger partial charge in [-0.25, -0.2) is 4.98 Å². The highest BCUT2D eigenvalue weighted by Crippen LogP contribution is 2.37. The molecule has 2 atom stereocenters. The van der Waals surface area contributed by atoms with E-state index in [1.165, 1.54) is 0 Å². The van der Waals surface area contributed by atoms with Gasteiger partial charge in [0.15, 0.2) is 0 Å². The van der Waals surface area contributed by atoms with E-state index < -0.39 is 0 Å². The number of carbonyl (C=O) groups is 1. The topological polar surface area (TPSA) is 59.2 Å². The summed E-state index contributed by atoms with van der Waals surface area (Å²) in [5.74, 6) is 0.153. The van der Waals surface area contributed by atoms with E-state index in [2.05, 4.69) is 4.98 Å². The van der Waals surface area contributed by atoms with Crippen molar-refractivity contribution in [1.29, 1.82) is 0 Å². The molecule has 5 heteroatoms. The van der Waals surface area contributed by atoms with Crippen LogP contribution in [0.3, 0.4) is 0 Å². The normalized spacial score (nSPS) is 25.8. The molecular weight excluding hydrogens is 222 g/mol. The van der Waals surface area contributed by atoms with Crippen LogP contribution in [-0.2, 0) is 4.79 Å². The summed E-state index contributed by atoms with van der Waals surface area (Å²) in [5, 5.41) is 0. The van der Waals surface area contributed by atoms with Crippen molar-refractivity contribution in [2.24, 2.45) is 5.73 Å². The maximum Gasteiger partial charge on any atom is 0.225 e. The predicted molar refractivity (Wildman–Crippen MR) is 64.2 cm³/mol. The molecule has 1 aromatic heterocycles. The van der Waals surface area contributed by atoms with Gasteiger partial charge in [0, 0.05) is 18.5 Å². The number of aryl methyl sites for hydroxylation is 1. The third-order valence-electron chi connectivity index (χ3n) is 3.01. The number of aromatic nitrogens is 1. The Morgan fingerprint density at radius 1 is 1.62 bits per heavy atom. The fraction of sp³-hybridized carbons (Fsp3) is 0.636. The molecule has 1 amide bonds. The van der Waals surface area contributed by atoms with Crippen molar-refractivity contribution in [1.82, 2.24) is 9.88 Å². The first kappa shape index (κ1) is 11.5. The molecule has 1 saturated heterocycles. The SMILES string of the molecule is Cc1ncsc1[C@@H]1[C@@H](N)CC(=O)N1C(C)C. The lowest BCUT2D eigenvalue weighted by Crippen LogP contribution is -2.37. The van der Waals surface area contributed by atoms with E-state index in [4.69, 9.17) is 5.73 Å². The number of nitrogens with two attached hydrogens (primary N) is 1. The summed E-state index contributed by atoms with van der Waals surface area (Å²) in [6.07, 6.45) is 0.445. The summed E-state index contributed by atoms with van der Waals surface area (Å²) >= 11 is 1.59. The van der Waals surface area contributed by atoms with E-state index in [1.807, 2.05) is 31.2 Å². The third kappa shape index (κ3) is 1.74. The van der Waals surface area contributed by atoms with Gasteiger partial charge in [-0.2, -0.15) is 0 Å². The number of rotatable bonds is 2. The Balaban J connectivity index is 2.38. The van der Waals surface area contributed by atoms with Crippen LogP contribution in [0.2, 0.25) is 0 Å². The van der Waals surface area contributed by atoms with E-state index in [0.29, 0.717) is 6.42 Å². The molecule has 1 aromatic rings. The first-order chi connectivity index (χ1) is 7.52. The zero-order valence-corrected chi connectivity index (χ0v) is 10.6. The number of carbonyl (C=O) groups excluding carboxylic acids is 1. The van der Waals surface area contributed by atoms with Crippen molar-refractivity contribution >= 4 is 17.2 Å². The Labute approximate surface area is 99.5 Å². The minimum Gasteiger partial charge on any atom is -0.331 e. The van der Waals surface area contributed by atoms with Gasteiger partial charge >= 0.3 is 0 Å². The molecule has 2 heterocycles. The highest BCUT2D eigenvalue weighted by Gasteiger charge is 2.41. The summed E-state index contributed by atoms with van der Waals surface area (Å²) < 4.78 is 0. The van der Waals surface area contributed by atoms with E-state index in [-0.39, 0.29) is 24.0 Å². The van der Waals surface area contributed by atoms with E-state index in [0.717, 1.165) is 10.6 Å². The molecule has 1 fully saturated rings. The van der Waals surface area contributed by atoms with Crippen LogP contribution in [0.25, 0.3) is 0 Å². The number of thiazole rings is 1. The molecule has 16 heavy (non-hydrogen) atoms. The van der Waals surface area contributed by atoms with Crippen LogP contribution in [-0.4, -0.2) is 27.9 Å². The van der Waals surface area contributed by atoms with Gasteiger partial charge in [0.2, 0.25) is 5.91 Å². The Kier molecular flexibility index (Phi) is 2.99. The predicted octanol–water partition coefficient (Wildman–Crippen LogP) is 1.46. The Bertz CT molecular complexity index is 402. The molecule has 88 valence electrons. The Morgan fingerprint density at radius 3 is 2.81 bits per heavy atom. The van der Waals surface area contributed by atoms with Gasteiger partial charge in [0.25, 0.3) is 0 Å². The third-order valence-corrected chi connectivity index (χ3v) is 4.01. The molecule has 0 aliphatic carbocycles. The van der Waals surface area contributed by atoms with Gasteiger partial charge in [0.1, 0.15) is 0 Å². The molecular formula is C11H17N3OS. The van der Waals surface area contributed by atoms with Crippen molar-refractivity contribution < 1.29 is 4.79 Å². The van der Waals surface area contributed by atoms with Gasteiger partial charge in [-0.1, -0.05) is 0 Å². The standard InChI is InChI=1S/C11H17N3OS/c1-6(2)14-9(15)4-8(12)10(14)11-7(3)13-5-16-11/h5-6,8,10H,4,12H2,1-3H3/t8-,10-/m0/s1.